The van der Waals surface area contributed by atoms with Gasteiger partial charge in [-0.1, -0.05) is 11.6 Å². The fourth-order valence-electron chi connectivity index (χ4n) is 3.54. The average molecular weight is 402 g/mol. The molecule has 8 heteroatoms. The van der Waals surface area contributed by atoms with Crippen LogP contribution in [0.3, 0.4) is 0 Å². The van der Waals surface area contributed by atoms with Crippen LogP contribution in [0.2, 0.25) is 5.02 Å². The molecule has 0 atom stereocenters. The SMILES string of the molecule is CCOc1cc(CN2CCC(N)CC2)cc(N2CCS(=O)(=O)CC2)c1Cl. The Bertz CT molecular complexity index is 719. The van der Waals surface area contributed by atoms with Crippen LogP contribution in [0, 0.1) is 0 Å². The third kappa shape index (κ3) is 4.82. The maximum Gasteiger partial charge on any atom is 0.153 e. The minimum atomic E-state index is -2.93. The smallest absolute Gasteiger partial charge is 0.153 e. The van der Waals surface area contributed by atoms with Crippen LogP contribution in [-0.4, -0.2) is 63.7 Å². The second kappa shape index (κ2) is 8.33. The normalized spacial score (nSPS) is 21.7. The van der Waals surface area contributed by atoms with E-state index in [9.17, 15) is 8.42 Å². The first-order valence-corrected chi connectivity index (χ1v) is 11.5. The Morgan fingerprint density at radius 2 is 1.85 bits per heavy atom. The molecule has 26 heavy (non-hydrogen) atoms. The van der Waals surface area contributed by atoms with Crippen molar-refractivity contribution in [1.82, 2.24) is 4.90 Å². The number of piperidine rings is 1. The van der Waals surface area contributed by atoms with E-state index in [-0.39, 0.29) is 11.5 Å². The molecule has 6 nitrogen and oxygen atoms in total. The first kappa shape index (κ1) is 19.7. The Balaban J connectivity index is 1.82. The monoisotopic (exact) mass is 401 g/mol. The molecule has 2 aliphatic rings. The van der Waals surface area contributed by atoms with Crippen molar-refractivity contribution in [1.29, 1.82) is 0 Å². The summed E-state index contributed by atoms with van der Waals surface area (Å²) in [5.41, 5.74) is 8.00. The van der Waals surface area contributed by atoms with Crippen LogP contribution in [0.4, 0.5) is 5.69 Å². The summed E-state index contributed by atoms with van der Waals surface area (Å²) in [6.07, 6.45) is 2.03. The number of likely N-dealkylation sites (tertiary alicyclic amines) is 1. The lowest BCUT2D eigenvalue weighted by Crippen LogP contribution is -2.40. The fourth-order valence-corrected chi connectivity index (χ4v) is 5.03. The van der Waals surface area contributed by atoms with Gasteiger partial charge in [-0.3, -0.25) is 4.90 Å². The second-order valence-corrected chi connectivity index (χ2v) is 9.79. The van der Waals surface area contributed by atoms with E-state index in [1.807, 2.05) is 13.0 Å². The van der Waals surface area contributed by atoms with E-state index in [1.54, 1.807) is 0 Å². The van der Waals surface area contributed by atoms with Crippen molar-refractivity contribution in [2.75, 3.05) is 49.2 Å². The molecule has 0 unspecified atom stereocenters. The minimum absolute atomic E-state index is 0.168. The van der Waals surface area contributed by atoms with E-state index in [2.05, 4.69) is 15.9 Å². The molecule has 146 valence electrons. The molecule has 1 aromatic carbocycles. The number of hydrogen-bond donors (Lipinski definition) is 1. The highest BCUT2D eigenvalue weighted by Crippen LogP contribution is 2.37. The lowest BCUT2D eigenvalue weighted by atomic mass is 10.0. The van der Waals surface area contributed by atoms with Crippen LogP contribution in [0.1, 0.15) is 25.3 Å². The van der Waals surface area contributed by atoms with Gasteiger partial charge >= 0.3 is 0 Å². The van der Waals surface area contributed by atoms with Gasteiger partial charge in [0.05, 0.1) is 23.8 Å². The first-order valence-electron chi connectivity index (χ1n) is 9.26. The zero-order valence-corrected chi connectivity index (χ0v) is 16.9. The second-order valence-electron chi connectivity index (χ2n) is 7.11. The quantitative estimate of drug-likeness (QED) is 0.812. The summed E-state index contributed by atoms with van der Waals surface area (Å²) < 4.78 is 29.2. The molecule has 2 N–H and O–H groups in total. The van der Waals surface area contributed by atoms with E-state index < -0.39 is 9.84 Å². The van der Waals surface area contributed by atoms with E-state index in [0.717, 1.165) is 43.7 Å². The number of benzene rings is 1. The van der Waals surface area contributed by atoms with E-state index >= 15 is 0 Å². The molecule has 0 aromatic heterocycles. The van der Waals surface area contributed by atoms with Crippen LogP contribution in [0.15, 0.2) is 12.1 Å². The summed E-state index contributed by atoms with van der Waals surface area (Å²) in [6.45, 7) is 6.21. The molecular formula is C18H28ClN3O3S. The summed E-state index contributed by atoms with van der Waals surface area (Å²) >= 11 is 6.58. The van der Waals surface area contributed by atoms with Crippen LogP contribution in [-0.2, 0) is 16.4 Å². The first-order chi connectivity index (χ1) is 12.4. The molecule has 2 heterocycles. The summed E-state index contributed by atoms with van der Waals surface area (Å²) in [4.78, 5) is 4.45. The predicted molar refractivity (Wildman–Crippen MR) is 106 cm³/mol. The lowest BCUT2D eigenvalue weighted by molar-refractivity contribution is 0.205. The molecule has 0 aliphatic carbocycles. The number of hydrogen-bond acceptors (Lipinski definition) is 6. The maximum absolute atomic E-state index is 11.7. The van der Waals surface area contributed by atoms with E-state index in [4.69, 9.17) is 22.1 Å². The van der Waals surface area contributed by atoms with Crippen LogP contribution in [0.5, 0.6) is 5.75 Å². The van der Waals surface area contributed by atoms with Gasteiger partial charge < -0.3 is 15.4 Å². The largest absolute Gasteiger partial charge is 0.492 e. The van der Waals surface area contributed by atoms with Gasteiger partial charge in [0.2, 0.25) is 0 Å². The molecule has 2 saturated heterocycles. The highest BCUT2D eigenvalue weighted by molar-refractivity contribution is 7.91. The van der Waals surface area contributed by atoms with Gasteiger partial charge in [0.1, 0.15) is 10.8 Å². The highest BCUT2D eigenvalue weighted by atomic mass is 35.5. The molecule has 0 radical (unpaired) electrons. The van der Waals surface area contributed by atoms with Crippen LogP contribution >= 0.6 is 11.6 Å². The molecule has 2 fully saturated rings. The third-order valence-electron chi connectivity index (χ3n) is 5.10. The molecule has 0 bridgehead atoms. The summed E-state index contributed by atoms with van der Waals surface area (Å²) in [7, 11) is -2.93. The predicted octanol–water partition coefficient (Wildman–Crippen LogP) is 1.90. The summed E-state index contributed by atoms with van der Waals surface area (Å²) in [5, 5.41) is 0.565. The molecule has 0 saturated carbocycles. The minimum Gasteiger partial charge on any atom is -0.492 e. The molecule has 2 aliphatic heterocycles. The van der Waals surface area contributed by atoms with Crippen molar-refractivity contribution in [3.05, 3.63) is 22.7 Å². The van der Waals surface area contributed by atoms with Gasteiger partial charge in [0.25, 0.3) is 0 Å². The molecule has 1 aromatic rings. The zero-order valence-electron chi connectivity index (χ0n) is 15.3. The zero-order chi connectivity index (χ0) is 18.7. The van der Waals surface area contributed by atoms with Gasteiger partial charge in [0, 0.05) is 25.7 Å². The number of nitrogens with two attached hydrogens (primary N) is 1. The third-order valence-corrected chi connectivity index (χ3v) is 7.09. The Morgan fingerprint density at radius 1 is 1.19 bits per heavy atom. The van der Waals surface area contributed by atoms with Crippen molar-refractivity contribution < 1.29 is 13.2 Å². The maximum atomic E-state index is 11.7. The molecular weight excluding hydrogens is 374 g/mol. The number of nitrogens with zero attached hydrogens (tertiary/aromatic N) is 2. The average Bonchev–Trinajstić information content (AvgIpc) is 2.60. The highest BCUT2D eigenvalue weighted by Gasteiger charge is 2.25. The molecule has 0 spiro atoms. The fraction of sp³-hybridized carbons (Fsp3) is 0.667. The number of sulfone groups is 1. The Kier molecular flexibility index (Phi) is 6.33. The Labute approximate surface area is 161 Å². The summed E-state index contributed by atoms with van der Waals surface area (Å²) in [6, 6.07) is 4.39. The standard InChI is InChI=1S/C18H28ClN3O3S/c1-2-25-17-12-14(13-21-5-3-15(20)4-6-21)11-16(18(17)19)22-7-9-26(23,24)10-8-22/h11-12,15H,2-10,13,20H2,1H3. The van der Waals surface area contributed by atoms with E-state index in [0.29, 0.717) is 36.5 Å². The van der Waals surface area contributed by atoms with Crippen LogP contribution in [0.25, 0.3) is 0 Å². The number of halogens is 1. The van der Waals surface area contributed by atoms with E-state index in [1.165, 1.54) is 0 Å². The van der Waals surface area contributed by atoms with Crippen LogP contribution < -0.4 is 15.4 Å². The Hall–Kier alpha value is -1.02. The number of anilines is 1. The van der Waals surface area contributed by atoms with Crippen molar-refractivity contribution in [3.8, 4) is 5.75 Å². The molecule has 0 amide bonds. The topological polar surface area (TPSA) is 75.9 Å². The summed E-state index contributed by atoms with van der Waals surface area (Å²) in [5.74, 6) is 1.01. The van der Waals surface area contributed by atoms with Gasteiger partial charge in [-0.2, -0.15) is 0 Å². The van der Waals surface area contributed by atoms with Crippen molar-refractivity contribution >= 4 is 27.1 Å². The Morgan fingerprint density at radius 3 is 2.46 bits per heavy atom. The van der Waals surface area contributed by atoms with Crippen molar-refractivity contribution in [2.45, 2.75) is 32.4 Å². The molecule has 3 rings (SSSR count). The van der Waals surface area contributed by atoms with Crippen molar-refractivity contribution in [3.63, 3.8) is 0 Å². The van der Waals surface area contributed by atoms with Gasteiger partial charge in [-0.15, -0.1) is 0 Å². The lowest BCUT2D eigenvalue weighted by Gasteiger charge is -2.32. The van der Waals surface area contributed by atoms with Crippen molar-refractivity contribution in [2.24, 2.45) is 5.73 Å². The van der Waals surface area contributed by atoms with Gasteiger partial charge in [-0.05, 0) is 50.6 Å². The number of rotatable bonds is 5. The van der Waals surface area contributed by atoms with Gasteiger partial charge in [0.15, 0.2) is 9.84 Å². The van der Waals surface area contributed by atoms with Gasteiger partial charge in [-0.25, -0.2) is 8.42 Å². The number of ether oxygens (including phenoxy) is 1.